The van der Waals surface area contributed by atoms with Crippen LogP contribution >= 0.6 is 23.5 Å². The number of carbonyl (C=O) groups is 1. The molecule has 0 fully saturated rings. The average Bonchev–Trinajstić information content (AvgIpc) is 3.12. The highest BCUT2D eigenvalue weighted by atomic mass is 32.2. The molecule has 2 rings (SSSR count). The van der Waals surface area contributed by atoms with Crippen molar-refractivity contribution < 1.29 is 22.7 Å². The first-order valence-electron chi connectivity index (χ1n) is 11.8. The Morgan fingerprint density at radius 1 is 1.26 bits per heavy atom. The zero-order chi connectivity index (χ0) is 26.1. The van der Waals surface area contributed by atoms with E-state index >= 15 is 0 Å². The molecule has 1 aromatic rings. The summed E-state index contributed by atoms with van der Waals surface area (Å²) in [6.07, 6.45) is 4.18. The van der Waals surface area contributed by atoms with Gasteiger partial charge in [0.15, 0.2) is 6.61 Å². The van der Waals surface area contributed by atoms with Crippen LogP contribution in [0.1, 0.15) is 66.2 Å². The maximum Gasteiger partial charge on any atom is 0.422 e. The van der Waals surface area contributed by atoms with Crippen molar-refractivity contribution >= 4 is 35.3 Å². The Hall–Kier alpha value is -1.80. The number of carbonyl (C=O) groups excluding carboxylic acids is 1. The van der Waals surface area contributed by atoms with E-state index in [2.05, 4.69) is 39.5 Å². The summed E-state index contributed by atoms with van der Waals surface area (Å²) >= 11 is 3.30. The summed E-state index contributed by atoms with van der Waals surface area (Å²) in [6, 6.07) is 2.41. The molecule has 0 bridgehead atoms. The van der Waals surface area contributed by atoms with Gasteiger partial charge in [-0.25, -0.2) is 0 Å². The van der Waals surface area contributed by atoms with Crippen LogP contribution in [0, 0.1) is 12.3 Å². The number of hydrogen-bond acceptors (Lipinski definition) is 8. The first-order valence-corrected chi connectivity index (χ1v) is 13.6. The molecule has 0 saturated heterocycles. The quantitative estimate of drug-likeness (QED) is 0.252. The van der Waals surface area contributed by atoms with Gasteiger partial charge in [-0.3, -0.25) is 4.79 Å². The van der Waals surface area contributed by atoms with Crippen LogP contribution in [0.25, 0.3) is 0 Å². The van der Waals surface area contributed by atoms with Gasteiger partial charge in [-0.15, -0.1) is 11.8 Å². The minimum absolute atomic E-state index is 0.102. The summed E-state index contributed by atoms with van der Waals surface area (Å²) in [6.45, 7) is 7.48. The van der Waals surface area contributed by atoms with Gasteiger partial charge < -0.3 is 14.5 Å². The van der Waals surface area contributed by atoms with Crippen molar-refractivity contribution in [3.63, 3.8) is 0 Å². The van der Waals surface area contributed by atoms with E-state index in [1.807, 2.05) is 25.8 Å². The molecule has 196 valence electrons. The Morgan fingerprint density at radius 3 is 2.63 bits per heavy atom. The Morgan fingerprint density at radius 2 is 1.97 bits per heavy atom. The topological polar surface area (TPSA) is 58.6 Å². The van der Waals surface area contributed by atoms with Crippen LogP contribution in [0.5, 0.6) is 5.88 Å². The maximum atomic E-state index is 12.5. The Kier molecular flexibility index (Phi) is 11.3. The molecule has 0 radical (unpaired) electrons. The molecule has 6 nitrogen and oxygen atoms in total. The molecule has 1 unspecified atom stereocenters. The predicted octanol–water partition coefficient (Wildman–Crippen LogP) is 6.09. The first-order chi connectivity index (χ1) is 16.4. The van der Waals surface area contributed by atoms with Crippen molar-refractivity contribution in [2.45, 2.75) is 81.8 Å². The van der Waals surface area contributed by atoms with Crippen LogP contribution in [-0.2, 0) is 4.79 Å². The van der Waals surface area contributed by atoms with E-state index in [9.17, 15) is 18.0 Å². The van der Waals surface area contributed by atoms with Crippen molar-refractivity contribution in [1.82, 2.24) is 14.9 Å². The summed E-state index contributed by atoms with van der Waals surface area (Å²) in [5, 5.41) is 2.11. The standard InChI is InChI=1S/C24H35F3N4O2S2/c1-6-7-8-9-10-14-31(21-28-13-11-20(29-21)33-17-24(25,26)27)15-12-19-16-34-22(30(19)5)35-23(3,4)18(2)32/h16,22H,6-10,12,14-15,17H2,1-5H3. The average molecular weight is 533 g/mol. The van der Waals surface area contributed by atoms with Crippen molar-refractivity contribution in [2.24, 2.45) is 0 Å². The molecule has 1 aliphatic heterocycles. The van der Waals surface area contributed by atoms with E-state index in [-0.39, 0.29) is 22.3 Å². The molecule has 0 spiro atoms. The van der Waals surface area contributed by atoms with E-state index in [0.29, 0.717) is 19.5 Å². The Balaban J connectivity index is 2.04. The number of Topliss-reactive ketones (excluding diaryl/α,β-unsaturated/α-hetero) is 1. The van der Waals surface area contributed by atoms with Crippen molar-refractivity contribution in [2.75, 3.05) is 31.6 Å². The summed E-state index contributed by atoms with van der Waals surface area (Å²) in [5.74, 6) is 0.157. The lowest BCUT2D eigenvalue weighted by Gasteiger charge is -2.31. The van der Waals surface area contributed by atoms with Crippen LogP contribution in [0.3, 0.4) is 0 Å². The zero-order valence-corrected chi connectivity index (χ0v) is 22.7. The Labute approximate surface area is 215 Å². The fourth-order valence-electron chi connectivity index (χ4n) is 3.22. The second-order valence-corrected chi connectivity index (χ2v) is 11.9. The van der Waals surface area contributed by atoms with E-state index in [4.69, 9.17) is 4.74 Å². The third kappa shape index (κ3) is 10.00. The number of ether oxygens (including phenoxy) is 1. The van der Waals surface area contributed by atoms with Crippen molar-refractivity contribution in [3.05, 3.63) is 23.4 Å². The van der Waals surface area contributed by atoms with Crippen LogP contribution in [0.4, 0.5) is 19.1 Å². The van der Waals surface area contributed by atoms with Gasteiger partial charge in [0.1, 0.15) is 10.5 Å². The van der Waals surface area contributed by atoms with Gasteiger partial charge in [0, 0.05) is 44.5 Å². The third-order valence-electron chi connectivity index (χ3n) is 5.68. The Bertz CT molecular complexity index is 852. The summed E-state index contributed by atoms with van der Waals surface area (Å²) < 4.78 is 42.0. The molecule has 35 heavy (non-hydrogen) atoms. The minimum Gasteiger partial charge on any atom is -0.462 e. The number of alkyl halides is 3. The van der Waals surface area contributed by atoms with Gasteiger partial charge in [-0.05, 0) is 32.6 Å². The highest BCUT2D eigenvalue weighted by molar-refractivity contribution is 8.19. The molecule has 0 aromatic carbocycles. The number of rotatable bonds is 15. The number of thioether (sulfide) groups is 2. The van der Waals surface area contributed by atoms with Gasteiger partial charge in [-0.2, -0.15) is 23.1 Å². The van der Waals surface area contributed by atoms with Crippen LogP contribution < -0.4 is 9.64 Å². The smallest absolute Gasteiger partial charge is 0.422 e. The van der Waals surface area contributed by atoms with E-state index in [1.165, 1.54) is 6.42 Å². The zero-order valence-electron chi connectivity index (χ0n) is 21.1. The number of unbranched alkanes of at least 4 members (excludes halogenated alkanes) is 4. The highest BCUT2D eigenvalue weighted by Crippen LogP contribution is 2.43. The molecular formula is C24H35F3N4O2S2. The second kappa shape index (κ2) is 13.5. The maximum absolute atomic E-state index is 12.5. The van der Waals surface area contributed by atoms with E-state index in [1.54, 1.807) is 30.4 Å². The molecule has 0 aliphatic carbocycles. The largest absolute Gasteiger partial charge is 0.462 e. The fourth-order valence-corrected chi connectivity index (χ4v) is 6.17. The summed E-state index contributed by atoms with van der Waals surface area (Å²) in [4.78, 5) is 24.4. The molecule has 0 N–H and O–H groups in total. The number of ketones is 1. The van der Waals surface area contributed by atoms with Gasteiger partial charge >= 0.3 is 6.18 Å². The molecule has 2 heterocycles. The lowest BCUT2D eigenvalue weighted by Crippen LogP contribution is -2.33. The number of aromatic nitrogens is 2. The molecule has 1 aliphatic rings. The summed E-state index contributed by atoms with van der Waals surface area (Å²) in [5.41, 5.74) is 1.13. The summed E-state index contributed by atoms with van der Waals surface area (Å²) in [7, 11) is 2.01. The van der Waals surface area contributed by atoms with Gasteiger partial charge in [0.25, 0.3) is 5.88 Å². The number of anilines is 1. The number of halogens is 3. The third-order valence-corrected chi connectivity index (χ3v) is 8.65. The van der Waals surface area contributed by atoms with Crippen LogP contribution in [0.2, 0.25) is 0 Å². The second-order valence-electron chi connectivity index (χ2n) is 8.97. The number of hydrogen-bond donors (Lipinski definition) is 0. The van der Waals surface area contributed by atoms with Gasteiger partial charge in [0.05, 0.1) is 4.75 Å². The highest BCUT2D eigenvalue weighted by Gasteiger charge is 2.34. The fraction of sp³-hybridized carbons (Fsp3) is 0.708. The van der Waals surface area contributed by atoms with E-state index in [0.717, 1.165) is 31.4 Å². The molecule has 0 amide bonds. The SMILES string of the molecule is CCCCCCCN(CCC1=CSC(SC(C)(C)C(C)=O)N1C)c1nc#cc(OCC(F)(F)F)n1. The van der Waals surface area contributed by atoms with Crippen LogP contribution in [-0.4, -0.2) is 63.0 Å². The van der Waals surface area contributed by atoms with Gasteiger partial charge in [0.2, 0.25) is 5.95 Å². The normalized spacial score (nSPS) is 16.2. The van der Waals surface area contributed by atoms with Crippen molar-refractivity contribution in [3.8, 4) is 5.88 Å². The molecule has 1 aromatic heterocycles. The number of nitrogens with zero attached hydrogens (tertiary/aromatic N) is 4. The lowest BCUT2D eigenvalue weighted by molar-refractivity contribution is -0.154. The molecule has 11 heteroatoms. The first kappa shape index (κ1) is 29.4. The lowest BCUT2D eigenvalue weighted by atomic mass is 10.1. The minimum atomic E-state index is -4.46. The molecule has 1 atom stereocenters. The van der Waals surface area contributed by atoms with Crippen molar-refractivity contribution in [1.29, 1.82) is 0 Å². The predicted molar refractivity (Wildman–Crippen MR) is 136 cm³/mol. The molecular weight excluding hydrogens is 497 g/mol. The van der Waals surface area contributed by atoms with Gasteiger partial charge in [-0.1, -0.05) is 44.4 Å². The van der Waals surface area contributed by atoms with E-state index < -0.39 is 17.5 Å². The monoisotopic (exact) mass is 532 g/mol. The van der Waals surface area contributed by atoms with Crippen LogP contribution in [0.15, 0.2) is 11.1 Å². The molecule has 0 saturated carbocycles.